The number of aliphatic carboxylic acids is 1. The van der Waals surface area contributed by atoms with Crippen molar-refractivity contribution < 1.29 is 27.4 Å². The van der Waals surface area contributed by atoms with Crippen molar-refractivity contribution in [1.29, 1.82) is 0 Å². The van der Waals surface area contributed by atoms with Gasteiger partial charge in [0.15, 0.2) is 0 Å². The average Bonchev–Trinajstić information content (AvgIpc) is 2.78. The molecule has 6 nitrogen and oxygen atoms in total. The summed E-state index contributed by atoms with van der Waals surface area (Å²) >= 11 is 0. The third-order valence-corrected chi connectivity index (χ3v) is 8.59. The van der Waals surface area contributed by atoms with Crippen LogP contribution in [0, 0.1) is 18.2 Å². The number of nitrogens with zero attached hydrogens (tertiary/aromatic N) is 1. The summed E-state index contributed by atoms with van der Waals surface area (Å²) in [5.74, 6) is -1.42. The molecule has 1 heterocycles. The molecule has 2 aliphatic rings. The summed E-state index contributed by atoms with van der Waals surface area (Å²) < 4.78 is 47.5. The van der Waals surface area contributed by atoms with Gasteiger partial charge >= 0.3 is 5.97 Å². The molecule has 2 aromatic carbocycles. The first kappa shape index (κ1) is 26.4. The molecule has 0 saturated carbocycles. The number of carbonyl (C=O) groups is 1. The second-order valence-corrected chi connectivity index (χ2v) is 12.5. The van der Waals surface area contributed by atoms with E-state index in [2.05, 4.69) is 19.9 Å². The molecule has 1 atom stereocenters. The standard InChI is InChI=1S/C28H34FNO5S/c1-17-21(16-26(31)32)22(18-8-11-28(2,3)12-9-18)15-24-20-7-6-19(29)14-23(20)25(10-13-35-4)30(27(17)24)36(5,33)34/h6-8,14-15,25H,9-13,16H2,1-5H3,(H,31,32)/t25-/m0/s1. The summed E-state index contributed by atoms with van der Waals surface area (Å²) in [6.45, 7) is 6.51. The Morgan fingerprint density at radius 2 is 1.94 bits per heavy atom. The molecule has 2 aromatic rings. The Hall–Kier alpha value is -2.71. The molecular weight excluding hydrogens is 481 g/mol. The zero-order valence-electron chi connectivity index (χ0n) is 21.5. The van der Waals surface area contributed by atoms with Crippen molar-refractivity contribution in [2.75, 3.05) is 24.3 Å². The van der Waals surface area contributed by atoms with E-state index in [0.29, 0.717) is 34.4 Å². The highest BCUT2D eigenvalue weighted by Gasteiger charge is 2.39. The van der Waals surface area contributed by atoms with Gasteiger partial charge in [0.05, 0.1) is 24.4 Å². The van der Waals surface area contributed by atoms with E-state index >= 15 is 0 Å². The molecule has 36 heavy (non-hydrogen) atoms. The number of sulfonamides is 1. The molecule has 194 valence electrons. The van der Waals surface area contributed by atoms with Crippen molar-refractivity contribution >= 4 is 27.3 Å². The number of carboxylic acid groups (broad SMARTS) is 1. The summed E-state index contributed by atoms with van der Waals surface area (Å²) in [7, 11) is -2.26. The van der Waals surface area contributed by atoms with Gasteiger partial charge in [-0.3, -0.25) is 9.10 Å². The number of benzene rings is 2. The largest absolute Gasteiger partial charge is 0.481 e. The Balaban J connectivity index is 2.06. The van der Waals surface area contributed by atoms with Crippen LogP contribution in [0.1, 0.15) is 67.8 Å². The molecule has 0 aromatic heterocycles. The van der Waals surface area contributed by atoms with Crippen molar-refractivity contribution in [3.63, 3.8) is 0 Å². The Labute approximate surface area is 212 Å². The molecule has 1 N–H and O–H groups in total. The second kappa shape index (κ2) is 9.63. The number of ether oxygens (including phenoxy) is 1. The van der Waals surface area contributed by atoms with E-state index in [4.69, 9.17) is 4.74 Å². The van der Waals surface area contributed by atoms with Crippen LogP contribution in [0.4, 0.5) is 10.1 Å². The maximum Gasteiger partial charge on any atom is 0.307 e. The Morgan fingerprint density at radius 1 is 1.22 bits per heavy atom. The van der Waals surface area contributed by atoms with Gasteiger partial charge in [0.25, 0.3) is 0 Å². The lowest BCUT2D eigenvalue weighted by Gasteiger charge is -2.40. The monoisotopic (exact) mass is 515 g/mol. The molecule has 1 aliphatic heterocycles. The molecule has 0 unspecified atom stereocenters. The lowest BCUT2D eigenvalue weighted by atomic mass is 9.75. The quantitative estimate of drug-likeness (QED) is 0.498. The SMILES string of the molecule is COCC[C@H]1c2cc(F)ccc2-c2cc(C3=CCC(C)(C)CC3)c(CC(=O)O)c(C)c2N1S(C)(=O)=O. The number of rotatable bonds is 7. The zero-order chi connectivity index (χ0) is 26.4. The van der Waals surface area contributed by atoms with Crippen molar-refractivity contribution in [2.45, 2.75) is 58.9 Å². The van der Waals surface area contributed by atoms with Gasteiger partial charge in [-0.1, -0.05) is 26.0 Å². The topological polar surface area (TPSA) is 83.9 Å². The second-order valence-electron chi connectivity index (χ2n) is 10.7. The summed E-state index contributed by atoms with van der Waals surface area (Å²) in [5.41, 5.74) is 5.82. The van der Waals surface area contributed by atoms with E-state index in [1.54, 1.807) is 13.0 Å². The van der Waals surface area contributed by atoms with Crippen molar-refractivity contribution in [3.05, 3.63) is 58.4 Å². The zero-order valence-corrected chi connectivity index (χ0v) is 22.3. The maximum absolute atomic E-state index is 14.4. The normalized spacial score (nSPS) is 18.9. The maximum atomic E-state index is 14.4. The van der Waals surface area contributed by atoms with Crippen LogP contribution in [0.25, 0.3) is 16.7 Å². The van der Waals surface area contributed by atoms with Crippen molar-refractivity contribution in [1.82, 2.24) is 0 Å². The number of methoxy groups -OCH3 is 1. The van der Waals surface area contributed by atoms with Crippen LogP contribution in [-0.2, 0) is 26.0 Å². The predicted octanol–water partition coefficient (Wildman–Crippen LogP) is 5.88. The number of halogens is 1. The van der Waals surface area contributed by atoms with Gasteiger partial charge in [0.1, 0.15) is 5.82 Å². The number of hydrogen-bond acceptors (Lipinski definition) is 4. The average molecular weight is 516 g/mol. The highest BCUT2D eigenvalue weighted by molar-refractivity contribution is 7.92. The first-order valence-corrected chi connectivity index (χ1v) is 14.0. The van der Waals surface area contributed by atoms with Gasteiger partial charge in [-0.25, -0.2) is 12.8 Å². The molecule has 0 fully saturated rings. The van der Waals surface area contributed by atoms with Crippen LogP contribution < -0.4 is 4.31 Å². The van der Waals surface area contributed by atoms with Gasteiger partial charge in [-0.15, -0.1) is 0 Å². The molecule has 4 rings (SSSR count). The van der Waals surface area contributed by atoms with E-state index in [1.165, 1.54) is 23.5 Å². The summed E-state index contributed by atoms with van der Waals surface area (Å²) in [6, 6.07) is 5.73. The number of allylic oxidation sites excluding steroid dienone is 2. The van der Waals surface area contributed by atoms with Gasteiger partial charge in [0.2, 0.25) is 10.0 Å². The van der Waals surface area contributed by atoms with Crippen LogP contribution in [0.5, 0.6) is 0 Å². The fraction of sp³-hybridized carbons (Fsp3) is 0.464. The molecule has 0 radical (unpaired) electrons. The molecule has 0 amide bonds. The molecule has 1 aliphatic carbocycles. The minimum atomic E-state index is -3.80. The number of hydrogen-bond donors (Lipinski definition) is 1. The van der Waals surface area contributed by atoms with Crippen LogP contribution >= 0.6 is 0 Å². The third-order valence-electron chi connectivity index (χ3n) is 7.44. The molecule has 0 spiro atoms. The van der Waals surface area contributed by atoms with Crippen molar-refractivity contribution in [2.24, 2.45) is 5.41 Å². The molecule has 0 bridgehead atoms. The summed E-state index contributed by atoms with van der Waals surface area (Å²) in [6.07, 6.45) is 6.08. The van der Waals surface area contributed by atoms with E-state index in [1.807, 2.05) is 6.07 Å². The lowest BCUT2D eigenvalue weighted by Crippen LogP contribution is -2.38. The highest BCUT2D eigenvalue weighted by atomic mass is 32.2. The van der Waals surface area contributed by atoms with Gasteiger partial charge in [-0.2, -0.15) is 0 Å². The van der Waals surface area contributed by atoms with E-state index < -0.39 is 27.9 Å². The highest BCUT2D eigenvalue weighted by Crippen LogP contribution is 2.52. The van der Waals surface area contributed by atoms with Crippen LogP contribution in [-0.4, -0.2) is 39.5 Å². The van der Waals surface area contributed by atoms with E-state index in [0.717, 1.165) is 42.2 Å². The van der Waals surface area contributed by atoms with E-state index in [-0.39, 0.29) is 18.4 Å². The fourth-order valence-electron chi connectivity index (χ4n) is 5.56. The first-order chi connectivity index (χ1) is 16.8. The van der Waals surface area contributed by atoms with E-state index in [9.17, 15) is 22.7 Å². The van der Waals surface area contributed by atoms with Gasteiger partial charge in [0, 0.05) is 19.3 Å². The first-order valence-electron chi connectivity index (χ1n) is 12.2. The molecular formula is C28H34FNO5S. The number of anilines is 1. The Kier molecular flexibility index (Phi) is 7.05. The fourth-order valence-corrected chi connectivity index (χ4v) is 6.81. The smallest absolute Gasteiger partial charge is 0.307 e. The number of carboxylic acids is 1. The molecule has 8 heteroatoms. The van der Waals surface area contributed by atoms with Gasteiger partial charge < -0.3 is 9.84 Å². The van der Waals surface area contributed by atoms with Crippen LogP contribution in [0.15, 0.2) is 30.3 Å². The molecule has 0 saturated heterocycles. The lowest BCUT2D eigenvalue weighted by molar-refractivity contribution is -0.136. The van der Waals surface area contributed by atoms with Crippen LogP contribution in [0.2, 0.25) is 0 Å². The predicted molar refractivity (Wildman–Crippen MR) is 140 cm³/mol. The minimum Gasteiger partial charge on any atom is -0.481 e. The Bertz CT molecular complexity index is 1350. The van der Waals surface area contributed by atoms with Crippen LogP contribution in [0.3, 0.4) is 0 Å². The Morgan fingerprint density at radius 3 is 2.53 bits per heavy atom. The summed E-state index contributed by atoms with van der Waals surface area (Å²) in [4.78, 5) is 11.9. The minimum absolute atomic E-state index is 0.172. The number of fused-ring (bicyclic) bond motifs is 3. The van der Waals surface area contributed by atoms with Crippen molar-refractivity contribution in [3.8, 4) is 11.1 Å². The third kappa shape index (κ3) is 4.93. The van der Waals surface area contributed by atoms with Gasteiger partial charge in [-0.05, 0) is 89.6 Å². The summed E-state index contributed by atoms with van der Waals surface area (Å²) in [5, 5.41) is 9.77.